The number of fused-ring (bicyclic) bond motifs is 1. The quantitative estimate of drug-likeness (QED) is 0.729. The smallest absolute Gasteiger partial charge is 0.257 e. The number of hydrogen-bond acceptors (Lipinski definition) is 4. The first-order chi connectivity index (χ1) is 13.6. The van der Waals surface area contributed by atoms with Crippen molar-refractivity contribution < 1.29 is 4.79 Å². The number of likely N-dealkylation sites (N-methyl/N-ethyl adjacent to an activating group) is 1. The lowest BCUT2D eigenvalue weighted by Gasteiger charge is -2.32. The third-order valence-electron chi connectivity index (χ3n) is 5.10. The summed E-state index contributed by atoms with van der Waals surface area (Å²) >= 11 is 6.20. The van der Waals surface area contributed by atoms with Gasteiger partial charge in [0.1, 0.15) is 0 Å². The average molecular weight is 395 g/mol. The van der Waals surface area contributed by atoms with Gasteiger partial charge in [0, 0.05) is 55.0 Å². The molecule has 1 aliphatic heterocycles. The molecule has 2 heterocycles. The summed E-state index contributed by atoms with van der Waals surface area (Å²) in [6.45, 7) is 5.19. The first-order valence-electron chi connectivity index (χ1n) is 9.44. The molecule has 1 aliphatic rings. The molecule has 4 rings (SSSR count). The first-order valence-corrected chi connectivity index (χ1v) is 9.82. The predicted molar refractivity (Wildman–Crippen MR) is 114 cm³/mol. The van der Waals surface area contributed by atoms with E-state index in [2.05, 4.69) is 33.2 Å². The standard InChI is InChI=1S/C22H23ClN4O/c1-26-8-10-27(11-9-26)15-16-4-2-6-19(12-16)25-22(28)20-14-18(23)13-17-5-3-7-24-21(17)20/h2-7,12-14H,8-11,15H2,1H3,(H,25,28). The monoisotopic (exact) mass is 394 g/mol. The highest BCUT2D eigenvalue weighted by Crippen LogP contribution is 2.23. The summed E-state index contributed by atoms with van der Waals surface area (Å²) in [6.07, 6.45) is 1.68. The minimum atomic E-state index is -0.206. The van der Waals surface area contributed by atoms with Crippen LogP contribution in [0, 0.1) is 0 Å². The number of carbonyl (C=O) groups is 1. The normalized spacial score (nSPS) is 15.6. The van der Waals surface area contributed by atoms with Crippen LogP contribution in [0.1, 0.15) is 15.9 Å². The van der Waals surface area contributed by atoms with Crippen LogP contribution in [0.4, 0.5) is 5.69 Å². The minimum Gasteiger partial charge on any atom is -0.322 e. The lowest BCUT2D eigenvalue weighted by Crippen LogP contribution is -2.43. The maximum absolute atomic E-state index is 12.9. The van der Waals surface area contributed by atoms with Gasteiger partial charge < -0.3 is 10.2 Å². The number of halogens is 1. The fourth-order valence-electron chi connectivity index (χ4n) is 3.54. The molecule has 1 amide bonds. The molecule has 2 aromatic carbocycles. The van der Waals surface area contributed by atoms with Gasteiger partial charge in [0.05, 0.1) is 11.1 Å². The van der Waals surface area contributed by atoms with Crippen molar-refractivity contribution in [1.82, 2.24) is 14.8 Å². The fraction of sp³-hybridized carbons (Fsp3) is 0.273. The van der Waals surface area contributed by atoms with Crippen molar-refractivity contribution in [3.8, 4) is 0 Å². The minimum absolute atomic E-state index is 0.206. The largest absolute Gasteiger partial charge is 0.322 e. The summed E-state index contributed by atoms with van der Waals surface area (Å²) in [5, 5.41) is 4.37. The summed E-state index contributed by atoms with van der Waals surface area (Å²) in [4.78, 5) is 22.0. The molecule has 0 radical (unpaired) electrons. The number of nitrogens with zero attached hydrogens (tertiary/aromatic N) is 3. The van der Waals surface area contributed by atoms with Gasteiger partial charge in [-0.05, 0) is 42.9 Å². The number of carbonyl (C=O) groups excluding carboxylic acids is 1. The van der Waals surface area contributed by atoms with Crippen molar-refractivity contribution in [1.29, 1.82) is 0 Å². The van der Waals surface area contributed by atoms with Gasteiger partial charge in [-0.1, -0.05) is 29.8 Å². The second-order valence-electron chi connectivity index (χ2n) is 7.26. The summed E-state index contributed by atoms with van der Waals surface area (Å²) in [5.41, 5.74) is 3.10. The zero-order chi connectivity index (χ0) is 19.5. The van der Waals surface area contributed by atoms with E-state index in [0.717, 1.165) is 43.8 Å². The van der Waals surface area contributed by atoms with E-state index in [1.165, 1.54) is 5.56 Å². The molecule has 0 bridgehead atoms. The SMILES string of the molecule is CN1CCN(Cc2cccc(NC(=O)c3cc(Cl)cc4cccnc34)c2)CC1. The van der Waals surface area contributed by atoms with Gasteiger partial charge in [0.2, 0.25) is 0 Å². The number of rotatable bonds is 4. The Bertz CT molecular complexity index is 999. The van der Waals surface area contributed by atoms with Gasteiger partial charge in [0.15, 0.2) is 0 Å². The molecule has 1 fully saturated rings. The van der Waals surface area contributed by atoms with Crippen LogP contribution < -0.4 is 5.32 Å². The molecule has 0 atom stereocenters. The second-order valence-corrected chi connectivity index (χ2v) is 7.70. The van der Waals surface area contributed by atoms with Crippen LogP contribution in [-0.2, 0) is 6.54 Å². The number of aromatic nitrogens is 1. The Kier molecular flexibility index (Phi) is 5.57. The predicted octanol–water partition coefficient (Wildman–Crippen LogP) is 3.89. The van der Waals surface area contributed by atoms with Crippen molar-refractivity contribution in [2.24, 2.45) is 0 Å². The number of anilines is 1. The average Bonchev–Trinajstić information content (AvgIpc) is 2.69. The summed E-state index contributed by atoms with van der Waals surface area (Å²) in [7, 11) is 2.15. The first kappa shape index (κ1) is 18.9. The molecule has 0 saturated carbocycles. The molecule has 0 aliphatic carbocycles. The van der Waals surface area contributed by atoms with E-state index in [9.17, 15) is 4.79 Å². The molecule has 0 spiro atoms. The van der Waals surface area contributed by atoms with Gasteiger partial charge in [0.25, 0.3) is 5.91 Å². The maximum Gasteiger partial charge on any atom is 0.257 e. The second kappa shape index (κ2) is 8.27. The van der Waals surface area contributed by atoms with Gasteiger partial charge >= 0.3 is 0 Å². The number of benzene rings is 2. The van der Waals surface area contributed by atoms with Crippen LogP contribution in [0.2, 0.25) is 5.02 Å². The van der Waals surface area contributed by atoms with Crippen molar-refractivity contribution in [2.75, 3.05) is 38.5 Å². The van der Waals surface area contributed by atoms with Crippen LogP contribution in [0.5, 0.6) is 0 Å². The van der Waals surface area contributed by atoms with E-state index >= 15 is 0 Å². The van der Waals surface area contributed by atoms with Crippen molar-refractivity contribution in [3.05, 3.63) is 70.9 Å². The number of nitrogens with one attached hydrogen (secondary N) is 1. The Balaban J connectivity index is 1.51. The highest BCUT2D eigenvalue weighted by atomic mass is 35.5. The zero-order valence-corrected chi connectivity index (χ0v) is 16.6. The van der Waals surface area contributed by atoms with E-state index in [-0.39, 0.29) is 5.91 Å². The van der Waals surface area contributed by atoms with Gasteiger partial charge in [-0.15, -0.1) is 0 Å². The van der Waals surface area contributed by atoms with Crippen LogP contribution in [0.3, 0.4) is 0 Å². The molecular weight excluding hydrogens is 372 g/mol. The van der Waals surface area contributed by atoms with Gasteiger partial charge in [-0.2, -0.15) is 0 Å². The summed E-state index contributed by atoms with van der Waals surface area (Å²) in [5.74, 6) is -0.206. The van der Waals surface area contributed by atoms with Crippen LogP contribution >= 0.6 is 11.6 Å². The third-order valence-corrected chi connectivity index (χ3v) is 5.32. The van der Waals surface area contributed by atoms with E-state index in [1.54, 1.807) is 12.3 Å². The maximum atomic E-state index is 12.9. The third kappa shape index (κ3) is 4.33. The number of hydrogen-bond donors (Lipinski definition) is 1. The number of pyridine rings is 1. The lowest BCUT2D eigenvalue weighted by molar-refractivity contribution is 0.102. The van der Waals surface area contributed by atoms with Crippen molar-refractivity contribution in [3.63, 3.8) is 0 Å². The Morgan fingerprint density at radius 2 is 1.93 bits per heavy atom. The molecular formula is C22H23ClN4O. The van der Waals surface area contributed by atoms with Crippen molar-refractivity contribution in [2.45, 2.75) is 6.54 Å². The summed E-state index contributed by atoms with van der Waals surface area (Å²) < 4.78 is 0. The number of piperazine rings is 1. The Morgan fingerprint density at radius 3 is 2.75 bits per heavy atom. The van der Waals surface area contributed by atoms with E-state index < -0.39 is 0 Å². The molecule has 6 heteroatoms. The topological polar surface area (TPSA) is 48.5 Å². The Morgan fingerprint density at radius 1 is 1.11 bits per heavy atom. The van der Waals surface area contributed by atoms with Crippen LogP contribution in [0.15, 0.2) is 54.7 Å². The Hall–Kier alpha value is -2.47. The van der Waals surface area contributed by atoms with Crippen LogP contribution in [-0.4, -0.2) is 53.9 Å². The van der Waals surface area contributed by atoms with Crippen molar-refractivity contribution >= 4 is 34.1 Å². The molecule has 5 nitrogen and oxygen atoms in total. The van der Waals surface area contributed by atoms with Gasteiger partial charge in [-0.3, -0.25) is 14.7 Å². The Labute approximate surface area is 169 Å². The zero-order valence-electron chi connectivity index (χ0n) is 15.9. The molecule has 28 heavy (non-hydrogen) atoms. The molecule has 1 saturated heterocycles. The fourth-order valence-corrected chi connectivity index (χ4v) is 3.77. The molecule has 144 valence electrons. The van der Waals surface area contributed by atoms with E-state index in [4.69, 9.17) is 11.6 Å². The molecule has 1 aromatic heterocycles. The molecule has 1 N–H and O–H groups in total. The highest BCUT2D eigenvalue weighted by Gasteiger charge is 2.15. The number of amides is 1. The van der Waals surface area contributed by atoms with Gasteiger partial charge in [-0.25, -0.2) is 0 Å². The molecule has 0 unspecified atom stereocenters. The van der Waals surface area contributed by atoms with E-state index in [1.807, 2.05) is 36.4 Å². The summed E-state index contributed by atoms with van der Waals surface area (Å²) in [6, 6.07) is 15.3. The molecule has 3 aromatic rings. The van der Waals surface area contributed by atoms with Crippen LogP contribution in [0.25, 0.3) is 10.9 Å². The highest BCUT2D eigenvalue weighted by molar-refractivity contribution is 6.32. The lowest BCUT2D eigenvalue weighted by atomic mass is 10.1. The van der Waals surface area contributed by atoms with E-state index in [0.29, 0.717) is 16.1 Å².